The maximum Gasteiger partial charge on any atom is 0.356 e. The molecular formula is C12H15N3O4S2. The second kappa shape index (κ2) is 5.96. The predicted octanol–water partition coefficient (Wildman–Crippen LogP) is 1.24. The van der Waals surface area contributed by atoms with E-state index in [-0.39, 0.29) is 12.2 Å². The summed E-state index contributed by atoms with van der Waals surface area (Å²) in [6.07, 6.45) is 2.72. The second-order valence-electron chi connectivity index (χ2n) is 4.48. The second-order valence-corrected chi connectivity index (χ2v) is 7.67. The van der Waals surface area contributed by atoms with E-state index < -0.39 is 16.0 Å². The van der Waals surface area contributed by atoms with Crippen molar-refractivity contribution in [2.24, 2.45) is 0 Å². The summed E-state index contributed by atoms with van der Waals surface area (Å²) in [5.74, 6) is -1.11. The molecule has 7 nitrogen and oxygen atoms in total. The minimum atomic E-state index is -3.54. The highest BCUT2D eigenvalue weighted by atomic mass is 32.2. The first kappa shape index (κ1) is 15.7. The van der Waals surface area contributed by atoms with E-state index in [4.69, 9.17) is 5.11 Å². The average Bonchev–Trinajstić information content (AvgIpc) is 2.96. The molecule has 2 aromatic heterocycles. The van der Waals surface area contributed by atoms with Crippen molar-refractivity contribution < 1.29 is 18.3 Å². The molecule has 0 saturated heterocycles. The molecule has 0 aliphatic carbocycles. The Hall–Kier alpha value is -1.71. The molecule has 0 fully saturated rings. The van der Waals surface area contributed by atoms with Gasteiger partial charge in [0.2, 0.25) is 10.0 Å². The van der Waals surface area contributed by atoms with Crippen LogP contribution in [0.5, 0.6) is 0 Å². The van der Waals surface area contributed by atoms with Gasteiger partial charge in [0.05, 0.1) is 11.2 Å². The van der Waals surface area contributed by atoms with E-state index in [0.29, 0.717) is 11.4 Å². The maximum absolute atomic E-state index is 12.1. The van der Waals surface area contributed by atoms with Crippen LogP contribution in [0.25, 0.3) is 0 Å². The number of rotatable bonds is 6. The number of hydrogen-bond acceptors (Lipinski definition) is 5. The van der Waals surface area contributed by atoms with Crippen LogP contribution in [-0.2, 0) is 16.6 Å². The number of carboxylic acid groups (broad SMARTS) is 1. The van der Waals surface area contributed by atoms with Crippen molar-refractivity contribution >= 4 is 27.3 Å². The Morgan fingerprint density at radius 2 is 2.19 bits per heavy atom. The third-order valence-electron chi connectivity index (χ3n) is 2.80. The van der Waals surface area contributed by atoms with Crippen molar-refractivity contribution in [1.82, 2.24) is 14.3 Å². The van der Waals surface area contributed by atoms with Crippen molar-refractivity contribution in [3.63, 3.8) is 0 Å². The lowest BCUT2D eigenvalue weighted by molar-refractivity contribution is 0.0691. The number of aromatic nitrogens is 2. The zero-order valence-corrected chi connectivity index (χ0v) is 13.2. The Bertz CT molecular complexity index is 761. The van der Waals surface area contributed by atoms with Crippen LogP contribution in [0.15, 0.2) is 23.5 Å². The molecule has 0 bridgehead atoms. The molecule has 0 aliphatic rings. The summed E-state index contributed by atoms with van der Waals surface area (Å²) in [5, 5.41) is 8.75. The summed E-state index contributed by atoms with van der Waals surface area (Å²) in [4.78, 5) is 16.4. The summed E-state index contributed by atoms with van der Waals surface area (Å²) in [6, 6.07) is 1.64. The van der Waals surface area contributed by atoms with Crippen molar-refractivity contribution in [1.29, 1.82) is 0 Å². The molecular weight excluding hydrogens is 314 g/mol. The molecule has 2 heterocycles. The number of aromatic carboxylic acids is 1. The van der Waals surface area contributed by atoms with Crippen molar-refractivity contribution in [2.45, 2.75) is 25.3 Å². The average molecular weight is 329 g/mol. The standard InChI is InChI=1S/C12H15N3O4S2/c1-8-5-11(9(2)20-8)21(18,19)14-3-4-15-6-10(12(16)17)13-7-15/h5-7,14H,3-4H2,1-2H3,(H,16,17). The zero-order valence-electron chi connectivity index (χ0n) is 11.5. The summed E-state index contributed by atoms with van der Waals surface area (Å²) < 4.78 is 28.3. The highest BCUT2D eigenvalue weighted by Gasteiger charge is 2.18. The van der Waals surface area contributed by atoms with E-state index in [0.717, 1.165) is 9.75 Å². The largest absolute Gasteiger partial charge is 0.476 e. The van der Waals surface area contributed by atoms with Crippen molar-refractivity contribution in [3.8, 4) is 0 Å². The van der Waals surface area contributed by atoms with Gasteiger partial charge < -0.3 is 9.67 Å². The Kier molecular flexibility index (Phi) is 4.45. The fourth-order valence-electron chi connectivity index (χ4n) is 1.85. The molecule has 0 aromatic carbocycles. The highest BCUT2D eigenvalue weighted by molar-refractivity contribution is 7.89. The van der Waals surface area contributed by atoms with E-state index in [2.05, 4.69) is 9.71 Å². The van der Waals surface area contributed by atoms with Gasteiger partial charge in [-0.1, -0.05) is 0 Å². The number of nitrogens with one attached hydrogen (secondary N) is 1. The lowest BCUT2D eigenvalue weighted by Gasteiger charge is -2.06. The number of thiophene rings is 1. The lowest BCUT2D eigenvalue weighted by Crippen LogP contribution is -2.27. The van der Waals surface area contributed by atoms with Gasteiger partial charge in [-0.2, -0.15) is 0 Å². The van der Waals surface area contributed by atoms with Crippen LogP contribution in [0.2, 0.25) is 0 Å². The van der Waals surface area contributed by atoms with E-state index in [1.807, 2.05) is 6.92 Å². The van der Waals surface area contributed by atoms with Gasteiger partial charge in [0, 0.05) is 29.0 Å². The predicted molar refractivity (Wildman–Crippen MR) is 78.2 cm³/mol. The smallest absolute Gasteiger partial charge is 0.356 e. The molecule has 114 valence electrons. The Labute approximate surface area is 126 Å². The van der Waals surface area contributed by atoms with Gasteiger partial charge in [-0.3, -0.25) is 0 Å². The number of hydrogen-bond donors (Lipinski definition) is 2. The summed E-state index contributed by atoms with van der Waals surface area (Å²) in [7, 11) is -3.54. The third kappa shape index (κ3) is 3.69. The fourth-order valence-corrected chi connectivity index (χ4v) is 4.43. The fraction of sp³-hybridized carbons (Fsp3) is 0.333. The van der Waals surface area contributed by atoms with Gasteiger partial charge in [-0.15, -0.1) is 11.3 Å². The van der Waals surface area contributed by atoms with Gasteiger partial charge >= 0.3 is 5.97 Å². The molecule has 0 atom stereocenters. The highest BCUT2D eigenvalue weighted by Crippen LogP contribution is 2.24. The van der Waals surface area contributed by atoms with Crippen LogP contribution in [-0.4, -0.2) is 35.6 Å². The number of carboxylic acids is 1. The molecule has 0 aliphatic heterocycles. The molecule has 0 unspecified atom stereocenters. The van der Waals surface area contributed by atoms with Crippen LogP contribution >= 0.6 is 11.3 Å². The first-order valence-electron chi connectivity index (χ1n) is 6.11. The summed E-state index contributed by atoms with van der Waals surface area (Å²) >= 11 is 1.43. The van der Waals surface area contributed by atoms with Crippen molar-refractivity contribution in [3.05, 3.63) is 34.0 Å². The molecule has 2 N–H and O–H groups in total. The Morgan fingerprint density at radius 1 is 1.48 bits per heavy atom. The minimum Gasteiger partial charge on any atom is -0.476 e. The maximum atomic E-state index is 12.1. The van der Waals surface area contributed by atoms with Crippen LogP contribution < -0.4 is 4.72 Å². The van der Waals surface area contributed by atoms with Gasteiger partial charge in [0.15, 0.2) is 5.69 Å². The number of imidazole rings is 1. The summed E-state index contributed by atoms with van der Waals surface area (Å²) in [6.45, 7) is 4.09. The monoisotopic (exact) mass is 329 g/mol. The van der Waals surface area contributed by atoms with E-state index in [1.54, 1.807) is 13.0 Å². The quantitative estimate of drug-likeness (QED) is 0.830. The zero-order chi connectivity index (χ0) is 15.6. The van der Waals surface area contributed by atoms with Gasteiger partial charge in [0.1, 0.15) is 0 Å². The van der Waals surface area contributed by atoms with Gasteiger partial charge in [-0.05, 0) is 19.9 Å². The third-order valence-corrected chi connectivity index (χ3v) is 5.48. The molecule has 0 amide bonds. The molecule has 0 saturated carbocycles. The number of nitrogens with zero attached hydrogens (tertiary/aromatic N) is 2. The van der Waals surface area contributed by atoms with Crippen LogP contribution in [0.4, 0.5) is 0 Å². The number of sulfonamides is 1. The van der Waals surface area contributed by atoms with Crippen molar-refractivity contribution in [2.75, 3.05) is 6.54 Å². The SMILES string of the molecule is Cc1cc(S(=O)(=O)NCCn2cnc(C(=O)O)c2)c(C)s1. The Morgan fingerprint density at radius 3 is 2.71 bits per heavy atom. The molecule has 0 radical (unpaired) electrons. The molecule has 2 rings (SSSR count). The number of carbonyl (C=O) groups is 1. The molecule has 2 aromatic rings. The van der Waals surface area contributed by atoms with E-state index in [1.165, 1.54) is 28.4 Å². The van der Waals surface area contributed by atoms with Crippen LogP contribution in [0.1, 0.15) is 20.2 Å². The minimum absolute atomic E-state index is 0.0674. The molecule has 0 spiro atoms. The van der Waals surface area contributed by atoms with Crippen LogP contribution in [0.3, 0.4) is 0 Å². The molecule has 9 heteroatoms. The first-order valence-corrected chi connectivity index (χ1v) is 8.41. The Balaban J connectivity index is 1.99. The van der Waals surface area contributed by atoms with Gasteiger partial charge in [0.25, 0.3) is 0 Å². The normalized spacial score (nSPS) is 11.7. The summed E-state index contributed by atoms with van der Waals surface area (Å²) in [5.41, 5.74) is -0.0674. The molecule has 21 heavy (non-hydrogen) atoms. The topological polar surface area (TPSA) is 101 Å². The number of aryl methyl sites for hydroxylation is 2. The van der Waals surface area contributed by atoms with Gasteiger partial charge in [-0.25, -0.2) is 22.9 Å². The first-order chi connectivity index (χ1) is 9.79. The van der Waals surface area contributed by atoms with E-state index >= 15 is 0 Å². The lowest BCUT2D eigenvalue weighted by atomic mass is 10.4. The van der Waals surface area contributed by atoms with Crippen LogP contribution in [0, 0.1) is 13.8 Å². The van der Waals surface area contributed by atoms with E-state index in [9.17, 15) is 13.2 Å².